The molecule has 0 saturated carbocycles. The Labute approximate surface area is 97.3 Å². The maximum absolute atomic E-state index is 11.8. The molecule has 0 aliphatic carbocycles. The Kier molecular flexibility index (Phi) is 3.28. The molecule has 1 aromatic carbocycles. The number of hydrogen-bond donors (Lipinski definition) is 0. The maximum Gasteiger partial charge on any atom is 0.223 e. The summed E-state index contributed by atoms with van der Waals surface area (Å²) in [6, 6.07) is 8.54. The highest BCUT2D eigenvalue weighted by molar-refractivity contribution is 5.78. The van der Waals surface area contributed by atoms with Gasteiger partial charge < -0.3 is 4.90 Å². The van der Waals surface area contributed by atoms with Crippen molar-refractivity contribution in [2.24, 2.45) is 0 Å². The fraction of sp³-hybridized carbons (Fsp3) is 0.500. The Bertz CT molecular complexity index is 386. The fourth-order valence-electron chi connectivity index (χ4n) is 2.42. The first-order valence-corrected chi connectivity index (χ1v) is 6.05. The summed E-state index contributed by atoms with van der Waals surface area (Å²) in [5.41, 5.74) is 2.60. The van der Waals surface area contributed by atoms with Crippen molar-refractivity contribution >= 4 is 5.91 Å². The average Bonchev–Trinajstić information content (AvgIpc) is 2.29. The van der Waals surface area contributed by atoms with Gasteiger partial charge in [-0.15, -0.1) is 0 Å². The first kappa shape index (κ1) is 11.2. The summed E-state index contributed by atoms with van der Waals surface area (Å²) in [5, 5.41) is 0. The minimum absolute atomic E-state index is 0.306. The van der Waals surface area contributed by atoms with E-state index >= 15 is 0 Å². The van der Waals surface area contributed by atoms with E-state index in [2.05, 4.69) is 31.2 Å². The number of likely N-dealkylation sites (tertiary alicyclic amines) is 1. The van der Waals surface area contributed by atoms with Crippen molar-refractivity contribution in [3.63, 3.8) is 0 Å². The van der Waals surface area contributed by atoms with Crippen molar-refractivity contribution in [3.05, 3.63) is 35.4 Å². The minimum Gasteiger partial charge on any atom is -0.343 e. The molecule has 16 heavy (non-hydrogen) atoms. The van der Waals surface area contributed by atoms with Gasteiger partial charge in [0.25, 0.3) is 0 Å². The van der Waals surface area contributed by atoms with E-state index in [1.807, 2.05) is 11.8 Å². The van der Waals surface area contributed by atoms with Crippen LogP contribution < -0.4 is 0 Å². The maximum atomic E-state index is 11.8. The molecule has 2 rings (SSSR count). The van der Waals surface area contributed by atoms with Gasteiger partial charge in [-0.3, -0.25) is 4.79 Å². The van der Waals surface area contributed by atoms with Crippen molar-refractivity contribution in [2.75, 3.05) is 13.1 Å². The second kappa shape index (κ2) is 4.69. The van der Waals surface area contributed by atoms with Gasteiger partial charge in [-0.05, 0) is 31.7 Å². The zero-order valence-corrected chi connectivity index (χ0v) is 10.1. The summed E-state index contributed by atoms with van der Waals surface area (Å²) >= 11 is 0. The summed E-state index contributed by atoms with van der Waals surface area (Å²) in [5.74, 6) is 0.732. The molecule has 0 radical (unpaired) electrons. The first-order valence-electron chi connectivity index (χ1n) is 6.05. The number of aryl methyl sites for hydroxylation is 1. The van der Waals surface area contributed by atoms with Crippen molar-refractivity contribution in [3.8, 4) is 0 Å². The van der Waals surface area contributed by atoms with Crippen LogP contribution in [0.4, 0.5) is 0 Å². The lowest BCUT2D eigenvalue weighted by Gasteiger charge is -2.31. The molecule has 1 amide bonds. The lowest BCUT2D eigenvalue weighted by molar-refractivity contribution is -0.133. The summed E-state index contributed by atoms with van der Waals surface area (Å²) in [6.45, 7) is 5.91. The van der Waals surface area contributed by atoms with Crippen LogP contribution in [0.15, 0.2) is 24.3 Å². The third-order valence-electron chi connectivity index (χ3n) is 3.42. The van der Waals surface area contributed by atoms with Crippen molar-refractivity contribution in [1.29, 1.82) is 0 Å². The average molecular weight is 217 g/mol. The molecular formula is C14H19NO. The molecule has 1 saturated heterocycles. The monoisotopic (exact) mass is 217 g/mol. The van der Waals surface area contributed by atoms with Crippen LogP contribution in [0, 0.1) is 6.92 Å². The van der Waals surface area contributed by atoms with Crippen LogP contribution in [0.25, 0.3) is 0 Å². The summed E-state index contributed by atoms with van der Waals surface area (Å²) in [6.07, 6.45) is 1.78. The highest BCUT2D eigenvalue weighted by Crippen LogP contribution is 2.28. The SMILES string of the molecule is CCN1CCC(c2cccc(C)c2)CC1=O. The van der Waals surface area contributed by atoms with Gasteiger partial charge in [-0.25, -0.2) is 0 Å². The predicted molar refractivity (Wildman–Crippen MR) is 65.4 cm³/mol. The van der Waals surface area contributed by atoms with Crippen LogP contribution in [0.3, 0.4) is 0 Å². The molecule has 0 bridgehead atoms. The molecule has 1 heterocycles. The zero-order valence-electron chi connectivity index (χ0n) is 10.1. The van der Waals surface area contributed by atoms with Crippen molar-refractivity contribution < 1.29 is 4.79 Å². The van der Waals surface area contributed by atoms with Crippen LogP contribution in [0.5, 0.6) is 0 Å². The Morgan fingerprint density at radius 2 is 2.25 bits per heavy atom. The molecule has 1 aliphatic rings. The molecule has 1 fully saturated rings. The number of rotatable bonds is 2. The molecule has 1 aliphatic heterocycles. The lowest BCUT2D eigenvalue weighted by Crippen LogP contribution is -2.37. The molecule has 1 atom stereocenters. The fourth-order valence-corrected chi connectivity index (χ4v) is 2.42. The highest BCUT2D eigenvalue weighted by atomic mass is 16.2. The molecule has 1 aromatic rings. The molecule has 2 heteroatoms. The topological polar surface area (TPSA) is 20.3 Å². The van der Waals surface area contributed by atoms with Gasteiger partial charge in [0, 0.05) is 19.5 Å². The van der Waals surface area contributed by atoms with E-state index in [9.17, 15) is 4.79 Å². The van der Waals surface area contributed by atoms with Crippen LogP contribution >= 0.6 is 0 Å². The number of amides is 1. The molecule has 0 N–H and O–H groups in total. The van der Waals surface area contributed by atoms with Gasteiger partial charge in [0.2, 0.25) is 5.91 Å². The number of carbonyl (C=O) groups is 1. The number of piperidine rings is 1. The Hall–Kier alpha value is -1.31. The highest BCUT2D eigenvalue weighted by Gasteiger charge is 2.25. The van der Waals surface area contributed by atoms with E-state index in [1.54, 1.807) is 0 Å². The number of hydrogen-bond acceptors (Lipinski definition) is 1. The van der Waals surface area contributed by atoms with E-state index in [0.29, 0.717) is 18.2 Å². The standard InChI is InChI=1S/C14H19NO/c1-3-15-8-7-13(10-14(15)16)12-6-4-5-11(2)9-12/h4-6,9,13H,3,7-8,10H2,1-2H3. The zero-order chi connectivity index (χ0) is 11.5. The van der Waals surface area contributed by atoms with E-state index in [1.165, 1.54) is 11.1 Å². The second-order valence-corrected chi connectivity index (χ2v) is 4.58. The predicted octanol–water partition coefficient (Wildman–Crippen LogP) is 2.72. The van der Waals surface area contributed by atoms with Gasteiger partial charge >= 0.3 is 0 Å². The number of nitrogens with zero attached hydrogens (tertiary/aromatic N) is 1. The molecule has 0 aromatic heterocycles. The van der Waals surface area contributed by atoms with E-state index < -0.39 is 0 Å². The molecule has 86 valence electrons. The summed E-state index contributed by atoms with van der Waals surface area (Å²) < 4.78 is 0. The number of carbonyl (C=O) groups excluding carboxylic acids is 1. The van der Waals surface area contributed by atoms with Crippen LogP contribution in [-0.4, -0.2) is 23.9 Å². The van der Waals surface area contributed by atoms with Crippen LogP contribution in [-0.2, 0) is 4.79 Å². The van der Waals surface area contributed by atoms with Crippen molar-refractivity contribution in [1.82, 2.24) is 4.90 Å². The second-order valence-electron chi connectivity index (χ2n) is 4.58. The Morgan fingerprint density at radius 1 is 1.44 bits per heavy atom. The lowest BCUT2D eigenvalue weighted by atomic mass is 9.88. The van der Waals surface area contributed by atoms with E-state index in [-0.39, 0.29) is 0 Å². The third kappa shape index (κ3) is 2.26. The molecular weight excluding hydrogens is 198 g/mol. The summed E-state index contributed by atoms with van der Waals surface area (Å²) in [4.78, 5) is 13.8. The van der Waals surface area contributed by atoms with E-state index in [4.69, 9.17) is 0 Å². The van der Waals surface area contributed by atoms with E-state index in [0.717, 1.165) is 19.5 Å². The first-order chi connectivity index (χ1) is 7.70. The molecule has 1 unspecified atom stereocenters. The number of benzene rings is 1. The smallest absolute Gasteiger partial charge is 0.223 e. The Morgan fingerprint density at radius 3 is 2.88 bits per heavy atom. The van der Waals surface area contributed by atoms with Gasteiger partial charge in [0.15, 0.2) is 0 Å². The quantitative estimate of drug-likeness (QED) is 0.746. The Balaban J connectivity index is 2.10. The third-order valence-corrected chi connectivity index (χ3v) is 3.42. The van der Waals surface area contributed by atoms with Gasteiger partial charge in [0.1, 0.15) is 0 Å². The van der Waals surface area contributed by atoms with Crippen molar-refractivity contribution in [2.45, 2.75) is 32.6 Å². The van der Waals surface area contributed by atoms with Gasteiger partial charge in [0.05, 0.1) is 0 Å². The molecule has 0 spiro atoms. The van der Waals surface area contributed by atoms with Crippen LogP contribution in [0.1, 0.15) is 36.8 Å². The van der Waals surface area contributed by atoms with Gasteiger partial charge in [-0.2, -0.15) is 0 Å². The van der Waals surface area contributed by atoms with Crippen LogP contribution in [0.2, 0.25) is 0 Å². The minimum atomic E-state index is 0.306. The largest absolute Gasteiger partial charge is 0.343 e. The normalized spacial score (nSPS) is 21.2. The molecule has 2 nitrogen and oxygen atoms in total. The summed E-state index contributed by atoms with van der Waals surface area (Å²) in [7, 11) is 0. The van der Waals surface area contributed by atoms with Gasteiger partial charge in [-0.1, -0.05) is 29.8 Å².